The second-order valence-corrected chi connectivity index (χ2v) is 9.52. The van der Waals surface area contributed by atoms with Gasteiger partial charge in [-0.15, -0.1) is 0 Å². The van der Waals surface area contributed by atoms with Crippen LogP contribution in [0.2, 0.25) is 5.02 Å². The third-order valence-corrected chi connectivity index (χ3v) is 5.89. The van der Waals surface area contributed by atoms with Crippen LogP contribution in [0.4, 0.5) is 10.5 Å². The summed E-state index contributed by atoms with van der Waals surface area (Å²) in [6.45, 7) is 5.63. The van der Waals surface area contributed by atoms with Crippen LogP contribution in [-0.2, 0) is 9.59 Å². The van der Waals surface area contributed by atoms with E-state index in [9.17, 15) is 14.4 Å². The number of nitrogens with one attached hydrogen (secondary N) is 3. The zero-order valence-electron chi connectivity index (χ0n) is 18.4. The average molecular weight is 453 g/mol. The van der Waals surface area contributed by atoms with E-state index in [-0.39, 0.29) is 12.5 Å². The molecule has 1 aromatic carbocycles. The van der Waals surface area contributed by atoms with Crippen molar-refractivity contribution >= 4 is 35.1 Å². The predicted molar refractivity (Wildman–Crippen MR) is 120 cm³/mol. The first-order valence-corrected chi connectivity index (χ1v) is 11.0. The Hall–Kier alpha value is -2.32. The van der Waals surface area contributed by atoms with Gasteiger partial charge >= 0.3 is 6.03 Å². The van der Waals surface area contributed by atoms with Crippen molar-refractivity contribution in [3.63, 3.8) is 0 Å². The smallest absolute Gasteiger partial charge is 0.319 e. The normalized spacial score (nSPS) is 15.3. The fraction of sp³-hybridized carbons (Fsp3) is 0.591. The van der Waals surface area contributed by atoms with Crippen molar-refractivity contribution in [1.29, 1.82) is 0 Å². The number of hydroxylamine groups is 1. The molecule has 0 saturated heterocycles. The van der Waals surface area contributed by atoms with E-state index in [1.165, 1.54) is 17.7 Å². The van der Waals surface area contributed by atoms with Crippen molar-refractivity contribution in [1.82, 2.24) is 15.7 Å². The van der Waals surface area contributed by atoms with Gasteiger partial charge in [0.2, 0.25) is 5.91 Å². The lowest BCUT2D eigenvalue weighted by molar-refractivity contribution is -0.142. The Morgan fingerprint density at radius 3 is 2.42 bits per heavy atom. The van der Waals surface area contributed by atoms with E-state index >= 15 is 0 Å². The van der Waals surface area contributed by atoms with E-state index in [1.54, 1.807) is 29.7 Å². The number of hydrogen-bond acceptors (Lipinski definition) is 4. The maximum atomic E-state index is 13.4. The van der Waals surface area contributed by atoms with Gasteiger partial charge in [-0.05, 0) is 29.9 Å². The molecular weight excluding hydrogens is 420 g/mol. The number of urea groups is 1. The monoisotopic (exact) mass is 452 g/mol. The molecule has 31 heavy (non-hydrogen) atoms. The highest BCUT2D eigenvalue weighted by Gasteiger charge is 2.36. The van der Waals surface area contributed by atoms with Crippen LogP contribution >= 0.6 is 11.6 Å². The van der Waals surface area contributed by atoms with Gasteiger partial charge in [0.15, 0.2) is 0 Å². The molecule has 1 aliphatic rings. The standard InChI is InChI=1S/C22H33ClN4O4/c1-22(2,3)19(25-21(30)24-17-11-7-6-10-16(17)23)20(29)27(14-18(28)26-31)13-12-15-8-4-5-9-15/h6-7,10-11,15,19,31H,4-5,8-9,12-14H2,1-3H3,(H,26,28)(H2,24,25,30)/t19-/m1/s1. The number of hydrogen-bond donors (Lipinski definition) is 4. The molecule has 1 aromatic rings. The summed E-state index contributed by atoms with van der Waals surface area (Å²) in [7, 11) is 0. The van der Waals surface area contributed by atoms with Gasteiger partial charge in [-0.25, -0.2) is 10.3 Å². The Bertz CT molecular complexity index is 775. The van der Waals surface area contributed by atoms with Crippen molar-refractivity contribution < 1.29 is 19.6 Å². The Labute approximate surface area is 188 Å². The van der Waals surface area contributed by atoms with E-state index in [0.717, 1.165) is 19.3 Å². The average Bonchev–Trinajstić information content (AvgIpc) is 3.23. The molecule has 8 nitrogen and oxygen atoms in total. The first kappa shape index (κ1) is 24.9. The lowest BCUT2D eigenvalue weighted by Crippen LogP contribution is -2.57. The zero-order valence-corrected chi connectivity index (χ0v) is 19.2. The molecule has 2 rings (SSSR count). The molecule has 0 radical (unpaired) electrons. The van der Waals surface area contributed by atoms with E-state index < -0.39 is 23.4 Å². The van der Waals surface area contributed by atoms with Crippen LogP contribution in [-0.4, -0.2) is 47.1 Å². The van der Waals surface area contributed by atoms with Crippen LogP contribution in [0.3, 0.4) is 0 Å². The SMILES string of the molecule is CC(C)(C)[C@H](NC(=O)Nc1ccccc1Cl)C(=O)N(CCC1CCCC1)CC(=O)NO. The Morgan fingerprint density at radius 2 is 1.84 bits per heavy atom. The summed E-state index contributed by atoms with van der Waals surface area (Å²) in [5.41, 5.74) is 1.40. The number of amides is 4. The molecule has 4 amide bonds. The maximum Gasteiger partial charge on any atom is 0.319 e. The second kappa shape index (κ2) is 11.3. The summed E-state index contributed by atoms with van der Waals surface area (Å²) in [6.07, 6.45) is 5.40. The Kier molecular flexibility index (Phi) is 9.13. The van der Waals surface area contributed by atoms with Gasteiger partial charge in [-0.3, -0.25) is 14.8 Å². The van der Waals surface area contributed by atoms with E-state index in [1.807, 2.05) is 20.8 Å². The number of carbonyl (C=O) groups excluding carboxylic acids is 3. The molecule has 0 unspecified atom stereocenters. The number of carbonyl (C=O) groups is 3. The topological polar surface area (TPSA) is 111 Å². The summed E-state index contributed by atoms with van der Waals surface area (Å²) < 4.78 is 0. The quantitative estimate of drug-likeness (QED) is 0.355. The number of para-hydroxylation sites is 1. The molecule has 0 aliphatic heterocycles. The summed E-state index contributed by atoms with van der Waals surface area (Å²) in [6, 6.07) is 5.36. The van der Waals surface area contributed by atoms with Gasteiger partial charge in [0.1, 0.15) is 12.6 Å². The first-order chi connectivity index (χ1) is 14.6. The van der Waals surface area contributed by atoms with Crippen LogP contribution in [0.15, 0.2) is 24.3 Å². The molecule has 0 bridgehead atoms. The third kappa shape index (κ3) is 7.70. The largest absolute Gasteiger partial charge is 0.331 e. The highest BCUT2D eigenvalue weighted by atomic mass is 35.5. The van der Waals surface area contributed by atoms with Crippen LogP contribution in [0, 0.1) is 11.3 Å². The molecule has 1 fully saturated rings. The number of anilines is 1. The molecule has 9 heteroatoms. The van der Waals surface area contributed by atoms with Gasteiger partial charge < -0.3 is 15.5 Å². The van der Waals surface area contributed by atoms with Gasteiger partial charge in [0.05, 0.1) is 10.7 Å². The fourth-order valence-corrected chi connectivity index (χ4v) is 3.98. The van der Waals surface area contributed by atoms with Crippen molar-refractivity contribution in [3.8, 4) is 0 Å². The minimum atomic E-state index is -0.884. The van der Waals surface area contributed by atoms with Gasteiger partial charge in [-0.1, -0.05) is 70.2 Å². The van der Waals surface area contributed by atoms with Crippen molar-refractivity contribution in [2.45, 2.75) is 58.9 Å². The van der Waals surface area contributed by atoms with E-state index in [4.69, 9.17) is 16.8 Å². The summed E-state index contributed by atoms with van der Waals surface area (Å²) in [5.74, 6) is -0.520. The van der Waals surface area contributed by atoms with Crippen molar-refractivity contribution in [2.75, 3.05) is 18.4 Å². The summed E-state index contributed by atoms with van der Waals surface area (Å²) >= 11 is 6.10. The molecular formula is C22H33ClN4O4. The summed E-state index contributed by atoms with van der Waals surface area (Å²) in [5, 5.41) is 14.7. The van der Waals surface area contributed by atoms with E-state index in [2.05, 4.69) is 10.6 Å². The third-order valence-electron chi connectivity index (χ3n) is 5.56. The van der Waals surface area contributed by atoms with Crippen LogP contribution in [0.1, 0.15) is 52.9 Å². The molecule has 172 valence electrons. The molecule has 0 heterocycles. The van der Waals surface area contributed by atoms with Gasteiger partial charge in [-0.2, -0.15) is 0 Å². The Morgan fingerprint density at radius 1 is 1.19 bits per heavy atom. The highest BCUT2D eigenvalue weighted by Crippen LogP contribution is 2.28. The van der Waals surface area contributed by atoms with Crippen LogP contribution < -0.4 is 16.1 Å². The van der Waals surface area contributed by atoms with Gasteiger partial charge in [0, 0.05) is 6.54 Å². The fourth-order valence-electron chi connectivity index (χ4n) is 3.80. The lowest BCUT2D eigenvalue weighted by atomic mass is 9.85. The lowest BCUT2D eigenvalue weighted by Gasteiger charge is -2.35. The predicted octanol–water partition coefficient (Wildman–Crippen LogP) is 3.79. The maximum absolute atomic E-state index is 13.4. The number of rotatable bonds is 8. The second-order valence-electron chi connectivity index (χ2n) is 9.11. The van der Waals surface area contributed by atoms with E-state index in [0.29, 0.717) is 23.2 Å². The molecule has 0 spiro atoms. The number of benzene rings is 1. The highest BCUT2D eigenvalue weighted by molar-refractivity contribution is 6.33. The number of nitrogens with zero attached hydrogens (tertiary/aromatic N) is 1. The minimum Gasteiger partial charge on any atom is -0.331 e. The summed E-state index contributed by atoms with van der Waals surface area (Å²) in [4.78, 5) is 39.3. The molecule has 1 aliphatic carbocycles. The Balaban J connectivity index is 2.13. The zero-order chi connectivity index (χ0) is 23.0. The van der Waals surface area contributed by atoms with Crippen molar-refractivity contribution in [2.24, 2.45) is 11.3 Å². The molecule has 4 N–H and O–H groups in total. The van der Waals surface area contributed by atoms with Crippen LogP contribution in [0.5, 0.6) is 0 Å². The molecule has 1 atom stereocenters. The number of halogens is 1. The van der Waals surface area contributed by atoms with Crippen LogP contribution in [0.25, 0.3) is 0 Å². The minimum absolute atomic E-state index is 0.275. The van der Waals surface area contributed by atoms with Crippen molar-refractivity contribution in [3.05, 3.63) is 29.3 Å². The molecule has 1 saturated carbocycles. The first-order valence-electron chi connectivity index (χ1n) is 10.7. The van der Waals surface area contributed by atoms with Gasteiger partial charge in [0.25, 0.3) is 5.91 Å². The molecule has 0 aromatic heterocycles.